The van der Waals surface area contributed by atoms with E-state index in [0.29, 0.717) is 15.6 Å². The molecule has 0 radical (unpaired) electrons. The number of aromatic hydroxyl groups is 1. The first-order valence-electron chi connectivity index (χ1n) is 6.13. The van der Waals surface area contributed by atoms with E-state index in [1.807, 2.05) is 0 Å². The van der Waals surface area contributed by atoms with Gasteiger partial charge < -0.3 is 10.4 Å². The van der Waals surface area contributed by atoms with Gasteiger partial charge in [0.05, 0.1) is 23.6 Å². The predicted molar refractivity (Wildman–Crippen MR) is 90.0 cm³/mol. The molecule has 0 amide bonds. The molecule has 0 aliphatic carbocycles. The second kappa shape index (κ2) is 9.58. The van der Waals surface area contributed by atoms with E-state index < -0.39 is 0 Å². The summed E-state index contributed by atoms with van der Waals surface area (Å²) in [7, 11) is 0. The van der Waals surface area contributed by atoms with Crippen molar-refractivity contribution in [2.24, 2.45) is 0 Å². The van der Waals surface area contributed by atoms with Crippen molar-refractivity contribution in [3.05, 3.63) is 27.7 Å². The van der Waals surface area contributed by atoms with Crippen LogP contribution in [0.25, 0.3) is 0 Å². The highest BCUT2D eigenvalue weighted by Gasteiger charge is 2.26. The molecule has 0 saturated carbocycles. The molecule has 1 aliphatic rings. The van der Waals surface area contributed by atoms with Gasteiger partial charge in [-0.2, -0.15) is 5.26 Å². The van der Waals surface area contributed by atoms with E-state index in [1.54, 1.807) is 6.07 Å². The largest absolute Gasteiger partial charge is 0.507 e. The van der Waals surface area contributed by atoms with Crippen molar-refractivity contribution in [3.8, 4) is 11.8 Å². The lowest BCUT2D eigenvalue weighted by molar-refractivity contribution is 0.173. The summed E-state index contributed by atoms with van der Waals surface area (Å²) in [5.74, 6) is 0.0521. The van der Waals surface area contributed by atoms with Crippen molar-refractivity contribution in [1.29, 1.82) is 5.26 Å². The molecule has 1 fully saturated rings. The molecule has 2 rings (SSSR count). The second-order valence-corrected chi connectivity index (χ2v) is 5.33. The fourth-order valence-corrected chi connectivity index (χ4v) is 3.00. The standard InChI is InChI=1S/C13H15Cl2N3O.2ClH/c14-9-7-10(15)13(12(19)8-9)11(1-2-16)18-5-3-17-4-6-18;;/h7-8,11,17,19H,1,3-6H2;2*1H/t11-;;/m0../s1. The number of halogens is 4. The molecule has 0 spiro atoms. The summed E-state index contributed by atoms with van der Waals surface area (Å²) in [5.41, 5.74) is 0.592. The Balaban J connectivity index is 0.00000200. The van der Waals surface area contributed by atoms with Gasteiger partial charge in [-0.1, -0.05) is 23.2 Å². The molecule has 4 nitrogen and oxygen atoms in total. The van der Waals surface area contributed by atoms with Crippen LogP contribution in [0.5, 0.6) is 5.75 Å². The zero-order valence-corrected chi connectivity index (χ0v) is 14.3. The van der Waals surface area contributed by atoms with E-state index in [0.717, 1.165) is 26.2 Å². The normalized spacial score (nSPS) is 16.2. The number of nitriles is 1. The topological polar surface area (TPSA) is 59.3 Å². The molecule has 0 aromatic heterocycles. The maximum Gasteiger partial charge on any atom is 0.123 e. The van der Waals surface area contributed by atoms with Gasteiger partial charge in [0.2, 0.25) is 0 Å². The van der Waals surface area contributed by atoms with Gasteiger partial charge in [-0.25, -0.2) is 0 Å². The lowest BCUT2D eigenvalue weighted by Crippen LogP contribution is -2.45. The van der Waals surface area contributed by atoms with Gasteiger partial charge in [0.1, 0.15) is 5.75 Å². The molecule has 8 heteroatoms. The lowest BCUT2D eigenvalue weighted by atomic mass is 10.0. The van der Waals surface area contributed by atoms with Crippen LogP contribution in [0.2, 0.25) is 10.0 Å². The molecule has 0 unspecified atom stereocenters. The molecular formula is C13H17Cl4N3O. The third kappa shape index (κ3) is 5.07. The van der Waals surface area contributed by atoms with Gasteiger partial charge in [-0.15, -0.1) is 24.8 Å². The fourth-order valence-electron chi connectivity index (χ4n) is 2.40. The molecule has 1 aliphatic heterocycles. The third-order valence-electron chi connectivity index (χ3n) is 3.28. The van der Waals surface area contributed by atoms with Crippen LogP contribution in [0.15, 0.2) is 12.1 Å². The number of phenols is 1. The lowest BCUT2D eigenvalue weighted by Gasteiger charge is -2.34. The Hall–Kier alpha value is -0.410. The average molecular weight is 373 g/mol. The molecule has 118 valence electrons. The Morgan fingerprint density at radius 2 is 1.90 bits per heavy atom. The van der Waals surface area contributed by atoms with E-state index in [9.17, 15) is 5.11 Å². The summed E-state index contributed by atoms with van der Waals surface area (Å²) >= 11 is 12.0. The highest BCUT2D eigenvalue weighted by atomic mass is 35.5. The number of benzene rings is 1. The molecule has 1 atom stereocenters. The number of nitrogens with one attached hydrogen (secondary N) is 1. The van der Waals surface area contributed by atoms with Gasteiger partial charge in [-0.05, 0) is 12.1 Å². The van der Waals surface area contributed by atoms with Gasteiger partial charge in [0.15, 0.2) is 0 Å². The Morgan fingerprint density at radius 3 is 2.43 bits per heavy atom. The van der Waals surface area contributed by atoms with Crippen molar-refractivity contribution in [3.63, 3.8) is 0 Å². The average Bonchev–Trinajstić information content (AvgIpc) is 2.37. The second-order valence-electron chi connectivity index (χ2n) is 4.48. The number of piperazine rings is 1. The molecule has 1 heterocycles. The molecule has 1 aromatic carbocycles. The Kier molecular flexibility index (Phi) is 9.39. The van der Waals surface area contributed by atoms with Crippen molar-refractivity contribution in [2.45, 2.75) is 12.5 Å². The highest BCUT2D eigenvalue weighted by Crippen LogP contribution is 2.38. The van der Waals surface area contributed by atoms with Crippen LogP contribution in [0, 0.1) is 11.3 Å². The van der Waals surface area contributed by atoms with Crippen LogP contribution in [0.3, 0.4) is 0 Å². The van der Waals surface area contributed by atoms with Crippen LogP contribution >= 0.6 is 48.0 Å². The first-order chi connectivity index (χ1) is 9.13. The summed E-state index contributed by atoms with van der Waals surface area (Å²) in [6, 6.07) is 5.04. The van der Waals surface area contributed by atoms with Crippen molar-refractivity contribution < 1.29 is 5.11 Å². The summed E-state index contributed by atoms with van der Waals surface area (Å²) in [4.78, 5) is 2.16. The van der Waals surface area contributed by atoms with E-state index in [4.69, 9.17) is 28.5 Å². The summed E-state index contributed by atoms with van der Waals surface area (Å²) in [5, 5.41) is 23.2. The van der Waals surface area contributed by atoms with E-state index in [2.05, 4.69) is 16.3 Å². The first-order valence-corrected chi connectivity index (χ1v) is 6.88. The number of hydrogen-bond acceptors (Lipinski definition) is 4. The van der Waals surface area contributed by atoms with Crippen molar-refractivity contribution in [2.75, 3.05) is 26.2 Å². The smallest absolute Gasteiger partial charge is 0.123 e. The van der Waals surface area contributed by atoms with Crippen LogP contribution < -0.4 is 5.32 Å². The minimum Gasteiger partial charge on any atom is -0.507 e. The number of nitrogens with zero attached hydrogens (tertiary/aromatic N) is 2. The SMILES string of the molecule is Cl.Cl.N#CC[C@@H](c1c(O)cc(Cl)cc1Cl)N1CCNCC1. The Bertz CT molecular complexity index is 478. The van der Waals surface area contributed by atoms with Gasteiger partial charge in [0, 0.05) is 36.8 Å². The predicted octanol–water partition coefficient (Wildman–Crippen LogP) is 3.40. The van der Waals surface area contributed by atoms with Gasteiger partial charge in [0.25, 0.3) is 0 Å². The third-order valence-corrected chi connectivity index (χ3v) is 3.81. The molecular weight excluding hydrogens is 356 g/mol. The first kappa shape index (κ1) is 20.6. The maximum atomic E-state index is 10.1. The molecule has 0 bridgehead atoms. The molecule has 1 saturated heterocycles. The van der Waals surface area contributed by atoms with Crippen molar-refractivity contribution in [1.82, 2.24) is 10.2 Å². The monoisotopic (exact) mass is 371 g/mol. The number of phenolic OH excluding ortho intramolecular Hbond substituents is 1. The minimum atomic E-state index is -0.197. The summed E-state index contributed by atoms with van der Waals surface area (Å²) in [6.07, 6.45) is 0.287. The van der Waals surface area contributed by atoms with E-state index >= 15 is 0 Å². The van der Waals surface area contributed by atoms with Crippen LogP contribution in [0.1, 0.15) is 18.0 Å². The molecule has 2 N–H and O–H groups in total. The molecule has 1 aromatic rings. The summed E-state index contributed by atoms with van der Waals surface area (Å²) < 4.78 is 0. The van der Waals surface area contributed by atoms with Crippen LogP contribution in [0.4, 0.5) is 0 Å². The van der Waals surface area contributed by atoms with Crippen molar-refractivity contribution >= 4 is 48.0 Å². The fraction of sp³-hybridized carbons (Fsp3) is 0.462. The number of rotatable bonds is 3. The zero-order chi connectivity index (χ0) is 13.8. The summed E-state index contributed by atoms with van der Waals surface area (Å²) in [6.45, 7) is 3.39. The van der Waals surface area contributed by atoms with E-state index in [1.165, 1.54) is 6.07 Å². The van der Waals surface area contributed by atoms with Gasteiger partial charge in [-0.3, -0.25) is 4.90 Å². The van der Waals surface area contributed by atoms with Gasteiger partial charge >= 0.3 is 0 Å². The zero-order valence-electron chi connectivity index (χ0n) is 11.2. The Morgan fingerprint density at radius 1 is 1.29 bits per heavy atom. The van der Waals surface area contributed by atoms with E-state index in [-0.39, 0.29) is 43.0 Å². The molecule has 21 heavy (non-hydrogen) atoms. The van der Waals surface area contributed by atoms with Crippen LogP contribution in [-0.2, 0) is 0 Å². The Labute approximate surface area is 146 Å². The maximum absolute atomic E-state index is 10.1. The quantitative estimate of drug-likeness (QED) is 0.853. The van der Waals surface area contributed by atoms with Crippen LogP contribution in [-0.4, -0.2) is 36.2 Å². The number of hydrogen-bond donors (Lipinski definition) is 2. The highest BCUT2D eigenvalue weighted by molar-refractivity contribution is 6.35. The minimum absolute atomic E-state index is 0.